The van der Waals surface area contributed by atoms with E-state index in [4.69, 9.17) is 19.9 Å². The third-order valence-corrected chi connectivity index (χ3v) is 7.86. The average Bonchev–Trinajstić information content (AvgIpc) is 3.63. The zero-order valence-corrected chi connectivity index (χ0v) is 25.4. The van der Waals surface area contributed by atoms with E-state index in [1.54, 1.807) is 31.5 Å². The lowest BCUT2D eigenvalue weighted by atomic mass is 9.98. The molecular weight excluding hydrogens is 579 g/mol. The number of nitrogens with two attached hydrogens (primary N) is 1. The number of hydrogen-bond donors (Lipinski definition) is 2. The maximum Gasteiger partial charge on any atom is 0.326 e. The molecule has 45 heavy (non-hydrogen) atoms. The van der Waals surface area contributed by atoms with Crippen molar-refractivity contribution in [2.45, 2.75) is 26.2 Å². The summed E-state index contributed by atoms with van der Waals surface area (Å²) in [6, 6.07) is 16.3. The number of aromatic nitrogens is 1. The third kappa shape index (κ3) is 7.86. The first kappa shape index (κ1) is 31.7. The van der Waals surface area contributed by atoms with Gasteiger partial charge in [-0.25, -0.2) is 14.1 Å². The molecule has 0 unspecified atom stereocenters. The van der Waals surface area contributed by atoms with E-state index in [-0.39, 0.29) is 18.0 Å². The minimum absolute atomic E-state index is 0.152. The van der Waals surface area contributed by atoms with Gasteiger partial charge in [-0.3, -0.25) is 9.78 Å². The maximum absolute atomic E-state index is 14.8. The number of imide groups is 1. The minimum Gasteiger partial charge on any atom is -0.493 e. The van der Waals surface area contributed by atoms with Crippen molar-refractivity contribution in [3.05, 3.63) is 72.7 Å². The van der Waals surface area contributed by atoms with E-state index in [2.05, 4.69) is 34.1 Å². The van der Waals surface area contributed by atoms with Gasteiger partial charge < -0.3 is 30.0 Å². The second-order valence-corrected chi connectivity index (χ2v) is 11.0. The Morgan fingerprint density at radius 3 is 2.38 bits per heavy atom. The number of amides is 3. The Hall–Kier alpha value is -4.74. The van der Waals surface area contributed by atoms with Gasteiger partial charge >= 0.3 is 6.03 Å². The van der Waals surface area contributed by atoms with Gasteiger partial charge in [0, 0.05) is 43.8 Å². The van der Waals surface area contributed by atoms with Crippen LogP contribution in [0.2, 0.25) is 0 Å². The number of carbonyl (C=O) groups is 2. The molecule has 0 saturated carbocycles. The van der Waals surface area contributed by atoms with Crippen LogP contribution in [0.25, 0.3) is 22.0 Å². The molecule has 1 aliphatic heterocycles. The lowest BCUT2D eigenvalue weighted by Crippen LogP contribution is -2.39. The molecule has 3 aromatic rings. The topological polar surface area (TPSA) is 127 Å². The first-order valence-electron chi connectivity index (χ1n) is 14.9. The Labute approximate surface area is 261 Å². The molecule has 236 valence electrons. The fourth-order valence-corrected chi connectivity index (χ4v) is 5.33. The molecule has 0 spiro atoms. The van der Waals surface area contributed by atoms with Crippen LogP contribution in [-0.4, -0.2) is 66.9 Å². The predicted molar refractivity (Wildman–Crippen MR) is 169 cm³/mol. The summed E-state index contributed by atoms with van der Waals surface area (Å²) in [4.78, 5) is 30.6. The van der Waals surface area contributed by atoms with Crippen molar-refractivity contribution in [2.75, 3.05) is 44.9 Å². The number of methoxy groups -OCH3 is 1. The van der Waals surface area contributed by atoms with Crippen LogP contribution in [0.5, 0.6) is 23.0 Å². The number of urea groups is 1. The normalized spacial score (nSPS) is 13.9. The van der Waals surface area contributed by atoms with Crippen molar-refractivity contribution in [1.29, 1.82) is 0 Å². The number of likely N-dealkylation sites (tertiary alicyclic amines) is 1. The Kier molecular flexibility index (Phi) is 10.1. The van der Waals surface area contributed by atoms with Crippen LogP contribution in [0.1, 0.15) is 26.2 Å². The SMILES string of the molecule is COc1cc2c(Oc3ccc(N(C(C)=O)C(N)=O)c(F)c3)ccnc2cc1OCCCN1CCC(CO)CC1.c1cc2cc-2c1. The summed E-state index contributed by atoms with van der Waals surface area (Å²) < 4.78 is 32.3. The van der Waals surface area contributed by atoms with Crippen molar-refractivity contribution < 1.29 is 33.3 Å². The molecule has 3 amide bonds. The largest absolute Gasteiger partial charge is 0.493 e. The summed E-state index contributed by atoms with van der Waals surface area (Å²) in [5.74, 6) is 0.483. The van der Waals surface area contributed by atoms with E-state index in [0.717, 1.165) is 51.9 Å². The standard InChI is InChI=1S/C28H33FN4O6.C6H4/c1-18(35)33(28(30)36)24-5-4-20(14-22(24)29)39-25-6-9-31-23-16-27(26(37-2)15-21(23)25)38-13-3-10-32-11-7-19(17-34)8-12-32;1-2-5-4-6(5)3-1/h4-6,9,14-16,19,34H,3,7-8,10-13,17H2,1-2H3,(H2,30,36);1-4H. The molecule has 2 heterocycles. The van der Waals surface area contributed by atoms with E-state index in [9.17, 15) is 19.1 Å². The van der Waals surface area contributed by atoms with Gasteiger partial charge in [-0.1, -0.05) is 18.2 Å². The number of carbonyl (C=O) groups excluding carboxylic acids is 2. The number of benzene rings is 3. The third-order valence-electron chi connectivity index (χ3n) is 7.86. The Morgan fingerprint density at radius 2 is 1.80 bits per heavy atom. The zero-order valence-electron chi connectivity index (χ0n) is 25.4. The molecule has 2 aromatic carbocycles. The smallest absolute Gasteiger partial charge is 0.326 e. The monoisotopic (exact) mass is 616 g/mol. The molecule has 0 bridgehead atoms. The summed E-state index contributed by atoms with van der Waals surface area (Å²) >= 11 is 0. The highest BCUT2D eigenvalue weighted by molar-refractivity contribution is 6.12. The van der Waals surface area contributed by atoms with Crippen LogP contribution in [-0.2, 0) is 4.79 Å². The van der Waals surface area contributed by atoms with Gasteiger partial charge in [-0.2, -0.15) is 0 Å². The average molecular weight is 617 g/mol. The number of primary amides is 1. The van der Waals surface area contributed by atoms with Crippen LogP contribution in [0.3, 0.4) is 0 Å². The first-order chi connectivity index (χ1) is 21.8. The van der Waals surface area contributed by atoms with Gasteiger partial charge in [0.15, 0.2) is 17.3 Å². The van der Waals surface area contributed by atoms with Gasteiger partial charge in [0.1, 0.15) is 11.5 Å². The van der Waals surface area contributed by atoms with Gasteiger partial charge in [-0.05, 0) is 79.7 Å². The van der Waals surface area contributed by atoms with Gasteiger partial charge in [0.2, 0.25) is 5.91 Å². The maximum atomic E-state index is 14.8. The summed E-state index contributed by atoms with van der Waals surface area (Å²) in [6.07, 6.45) is 4.46. The Bertz CT molecular complexity index is 1640. The van der Waals surface area contributed by atoms with Crippen LogP contribution < -0.4 is 24.8 Å². The number of nitrogens with zero attached hydrogens (tertiary/aromatic N) is 3. The highest BCUT2D eigenvalue weighted by atomic mass is 19.1. The number of halogens is 1. The van der Waals surface area contributed by atoms with Gasteiger partial charge in [-0.15, -0.1) is 0 Å². The van der Waals surface area contributed by atoms with Crippen LogP contribution in [0, 0.1) is 11.7 Å². The van der Waals surface area contributed by atoms with Crippen LogP contribution in [0.15, 0.2) is 66.9 Å². The fourth-order valence-electron chi connectivity index (χ4n) is 5.33. The first-order valence-corrected chi connectivity index (χ1v) is 14.9. The molecule has 0 atom stereocenters. The van der Waals surface area contributed by atoms with Crippen LogP contribution >= 0.6 is 0 Å². The number of ether oxygens (including phenoxy) is 3. The molecule has 0 radical (unpaired) electrons. The Morgan fingerprint density at radius 1 is 1.04 bits per heavy atom. The fraction of sp³-hybridized carbons (Fsp3) is 0.324. The molecule has 1 aromatic heterocycles. The summed E-state index contributed by atoms with van der Waals surface area (Å²) in [5.41, 5.74) is 8.40. The van der Waals surface area contributed by atoms with Crippen molar-refractivity contribution in [1.82, 2.24) is 9.88 Å². The highest BCUT2D eigenvalue weighted by Gasteiger charge is 2.22. The molecule has 3 aliphatic rings. The molecule has 2 aliphatic carbocycles. The van der Waals surface area contributed by atoms with Crippen LogP contribution in [0.4, 0.5) is 14.9 Å². The van der Waals surface area contributed by atoms with Crippen molar-refractivity contribution in [3.63, 3.8) is 0 Å². The van der Waals surface area contributed by atoms with Crippen molar-refractivity contribution in [2.24, 2.45) is 11.7 Å². The van der Waals surface area contributed by atoms with Crippen molar-refractivity contribution in [3.8, 4) is 34.1 Å². The predicted octanol–water partition coefficient (Wildman–Crippen LogP) is 5.75. The zero-order chi connectivity index (χ0) is 31.9. The van der Waals surface area contributed by atoms with E-state index >= 15 is 0 Å². The van der Waals surface area contributed by atoms with Gasteiger partial charge in [0.05, 0.1) is 24.9 Å². The molecule has 6 rings (SSSR count). The molecule has 11 heteroatoms. The van der Waals surface area contributed by atoms with E-state index < -0.39 is 17.8 Å². The number of fused-ring (bicyclic) bond motifs is 2. The molecule has 3 N–H and O–H groups in total. The highest BCUT2D eigenvalue weighted by Crippen LogP contribution is 2.38. The summed E-state index contributed by atoms with van der Waals surface area (Å²) in [7, 11) is 1.55. The second-order valence-electron chi connectivity index (χ2n) is 11.0. The quantitative estimate of drug-likeness (QED) is 0.190. The lowest BCUT2D eigenvalue weighted by Gasteiger charge is -2.30. The molecule has 1 fully saturated rings. The molecular formula is C34H37FN4O6. The number of anilines is 1. The number of rotatable bonds is 10. The summed E-state index contributed by atoms with van der Waals surface area (Å²) in [5, 5.41) is 9.93. The number of pyridine rings is 1. The van der Waals surface area contributed by atoms with E-state index in [1.807, 2.05) is 0 Å². The van der Waals surface area contributed by atoms with Gasteiger partial charge in [0.25, 0.3) is 0 Å². The lowest BCUT2D eigenvalue weighted by molar-refractivity contribution is -0.115. The minimum atomic E-state index is -1.08. The van der Waals surface area contributed by atoms with E-state index in [1.165, 1.54) is 23.3 Å². The number of aliphatic hydroxyl groups excluding tert-OH is 1. The Balaban J connectivity index is 0.000000586. The number of hydrogen-bond acceptors (Lipinski definition) is 8. The second kappa shape index (κ2) is 14.4. The van der Waals surface area contributed by atoms with E-state index in [0.29, 0.717) is 45.6 Å². The number of piperidine rings is 1. The van der Waals surface area contributed by atoms with Crippen molar-refractivity contribution >= 4 is 28.5 Å². The number of aliphatic hydroxyl groups is 1. The molecule has 1 saturated heterocycles. The molecule has 10 nitrogen and oxygen atoms in total. The summed E-state index contributed by atoms with van der Waals surface area (Å²) in [6.45, 7) is 4.79.